The first kappa shape index (κ1) is 13.6. The van der Waals surface area contributed by atoms with E-state index in [0.717, 1.165) is 0 Å². The number of aromatic hydroxyl groups is 1. The highest BCUT2D eigenvalue weighted by atomic mass is 19.1. The molecule has 0 saturated carbocycles. The minimum Gasteiger partial charge on any atom is -0.507 e. The fourth-order valence-corrected chi connectivity index (χ4v) is 1.34. The number of aliphatic hydroxyl groups is 1. The second kappa shape index (κ2) is 5.27. The van der Waals surface area contributed by atoms with Gasteiger partial charge in [0, 0.05) is 11.8 Å². The zero-order valence-corrected chi connectivity index (χ0v) is 10.3. The van der Waals surface area contributed by atoms with E-state index >= 15 is 0 Å². The van der Waals surface area contributed by atoms with Gasteiger partial charge in [-0.05, 0) is 23.6 Å². The number of phenols is 1. The first-order chi connectivity index (χ1) is 7.84. The molecule has 1 aromatic rings. The number of halogens is 1. The number of rotatable bonds is 3. The Labute approximate surface area is 101 Å². The summed E-state index contributed by atoms with van der Waals surface area (Å²) in [5.41, 5.74) is 0.126. The van der Waals surface area contributed by atoms with E-state index in [1.54, 1.807) is 0 Å². The average molecular weight is 239 g/mol. The Kier molecular flexibility index (Phi) is 4.23. The lowest BCUT2D eigenvalue weighted by Gasteiger charge is -2.25. The summed E-state index contributed by atoms with van der Waals surface area (Å²) in [6.07, 6.45) is 1.39. The normalized spacial score (nSPS) is 14.2. The second-order valence-corrected chi connectivity index (χ2v) is 5.05. The van der Waals surface area contributed by atoms with Crippen molar-refractivity contribution >= 4 is 6.21 Å². The van der Waals surface area contributed by atoms with Gasteiger partial charge in [0.05, 0.1) is 12.6 Å². The Hall–Kier alpha value is -1.42. The Morgan fingerprint density at radius 1 is 1.41 bits per heavy atom. The smallest absolute Gasteiger partial charge is 0.124 e. The van der Waals surface area contributed by atoms with Crippen molar-refractivity contribution in [2.75, 3.05) is 6.61 Å². The van der Waals surface area contributed by atoms with Crippen molar-refractivity contribution in [2.45, 2.75) is 26.8 Å². The number of aliphatic imine (C=N–C) groups is 1. The van der Waals surface area contributed by atoms with E-state index in [0.29, 0.717) is 5.56 Å². The Morgan fingerprint density at radius 3 is 2.59 bits per heavy atom. The third-order valence-electron chi connectivity index (χ3n) is 2.56. The first-order valence-electron chi connectivity index (χ1n) is 5.47. The molecular formula is C13H18FNO2. The summed E-state index contributed by atoms with van der Waals surface area (Å²) < 4.78 is 13.0. The molecule has 0 aliphatic heterocycles. The number of nitrogens with zero attached hydrogens (tertiary/aromatic N) is 1. The Balaban J connectivity index is 2.93. The van der Waals surface area contributed by atoms with Crippen LogP contribution >= 0.6 is 0 Å². The van der Waals surface area contributed by atoms with Crippen LogP contribution in [-0.2, 0) is 0 Å². The van der Waals surface area contributed by atoms with E-state index in [1.165, 1.54) is 24.4 Å². The van der Waals surface area contributed by atoms with Crippen molar-refractivity contribution in [3.8, 4) is 5.75 Å². The summed E-state index contributed by atoms with van der Waals surface area (Å²) in [7, 11) is 0. The van der Waals surface area contributed by atoms with Crippen LogP contribution in [0.25, 0.3) is 0 Å². The van der Waals surface area contributed by atoms with E-state index in [2.05, 4.69) is 4.99 Å². The molecule has 0 saturated heterocycles. The molecule has 0 aromatic heterocycles. The molecule has 0 amide bonds. The minimum atomic E-state index is -0.430. The second-order valence-electron chi connectivity index (χ2n) is 5.05. The molecule has 0 bridgehead atoms. The van der Waals surface area contributed by atoms with Crippen molar-refractivity contribution in [1.29, 1.82) is 0 Å². The fraction of sp³-hybridized carbons (Fsp3) is 0.462. The molecule has 0 aliphatic carbocycles. The van der Waals surface area contributed by atoms with Crippen molar-refractivity contribution in [3.05, 3.63) is 29.6 Å². The summed E-state index contributed by atoms with van der Waals surface area (Å²) in [5.74, 6) is -0.457. The highest BCUT2D eigenvalue weighted by Gasteiger charge is 2.22. The quantitative estimate of drug-likeness (QED) is 0.795. The van der Waals surface area contributed by atoms with Crippen LogP contribution in [0.15, 0.2) is 23.2 Å². The lowest BCUT2D eigenvalue weighted by atomic mass is 9.88. The highest BCUT2D eigenvalue weighted by molar-refractivity contribution is 5.83. The molecule has 94 valence electrons. The molecular weight excluding hydrogens is 221 g/mol. The molecule has 3 nitrogen and oxygen atoms in total. The van der Waals surface area contributed by atoms with Crippen LogP contribution in [0.3, 0.4) is 0 Å². The molecule has 1 atom stereocenters. The maximum Gasteiger partial charge on any atom is 0.124 e. The number of hydrogen-bond acceptors (Lipinski definition) is 3. The average Bonchev–Trinajstić information content (AvgIpc) is 2.22. The van der Waals surface area contributed by atoms with Crippen molar-refractivity contribution < 1.29 is 14.6 Å². The van der Waals surface area contributed by atoms with Gasteiger partial charge in [-0.15, -0.1) is 0 Å². The van der Waals surface area contributed by atoms with Crippen LogP contribution in [0.4, 0.5) is 4.39 Å². The minimum absolute atomic E-state index is 0.0271. The molecule has 1 aromatic carbocycles. The predicted molar refractivity (Wildman–Crippen MR) is 66.0 cm³/mol. The third kappa shape index (κ3) is 3.82. The van der Waals surface area contributed by atoms with Crippen LogP contribution in [0.2, 0.25) is 0 Å². The highest BCUT2D eigenvalue weighted by Crippen LogP contribution is 2.22. The lowest BCUT2D eigenvalue weighted by Crippen LogP contribution is -2.28. The van der Waals surface area contributed by atoms with E-state index < -0.39 is 5.82 Å². The van der Waals surface area contributed by atoms with E-state index in [1.807, 2.05) is 20.8 Å². The maximum atomic E-state index is 13.0. The van der Waals surface area contributed by atoms with Gasteiger partial charge in [-0.3, -0.25) is 4.99 Å². The summed E-state index contributed by atoms with van der Waals surface area (Å²) >= 11 is 0. The van der Waals surface area contributed by atoms with Gasteiger partial charge in [0.1, 0.15) is 11.6 Å². The zero-order chi connectivity index (χ0) is 13.1. The largest absolute Gasteiger partial charge is 0.507 e. The SMILES string of the molecule is CC(C)(C)[C@H](CO)N=Cc1cc(F)ccc1O. The zero-order valence-electron chi connectivity index (χ0n) is 10.3. The summed E-state index contributed by atoms with van der Waals surface area (Å²) in [4.78, 5) is 4.18. The topological polar surface area (TPSA) is 52.8 Å². The molecule has 0 radical (unpaired) electrons. The summed E-state index contributed by atoms with van der Waals surface area (Å²) in [5, 5.41) is 18.7. The lowest BCUT2D eigenvalue weighted by molar-refractivity contribution is 0.191. The number of phenolic OH excluding ortho intramolecular Hbond substituents is 1. The fourth-order valence-electron chi connectivity index (χ4n) is 1.34. The van der Waals surface area contributed by atoms with Gasteiger partial charge in [0.25, 0.3) is 0 Å². The van der Waals surface area contributed by atoms with Gasteiger partial charge < -0.3 is 10.2 Å². The van der Waals surface area contributed by atoms with Crippen LogP contribution in [0, 0.1) is 11.2 Å². The molecule has 0 fully saturated rings. The molecule has 1 rings (SSSR count). The van der Waals surface area contributed by atoms with Crippen molar-refractivity contribution in [2.24, 2.45) is 10.4 Å². The predicted octanol–water partition coefficient (Wildman–Crippen LogP) is 2.36. The standard InChI is InChI=1S/C13H18FNO2/c1-13(2,3)12(8-16)15-7-9-6-10(14)4-5-11(9)17/h4-7,12,16-17H,8H2,1-3H3/t12-/m0/s1. The van der Waals surface area contributed by atoms with Crippen LogP contribution < -0.4 is 0 Å². The van der Waals surface area contributed by atoms with Crippen LogP contribution in [0.5, 0.6) is 5.75 Å². The summed E-state index contributed by atoms with van der Waals surface area (Å²) in [6, 6.07) is 3.38. The van der Waals surface area contributed by atoms with Gasteiger partial charge in [0.2, 0.25) is 0 Å². The van der Waals surface area contributed by atoms with Crippen LogP contribution in [-0.4, -0.2) is 29.1 Å². The first-order valence-corrected chi connectivity index (χ1v) is 5.47. The molecule has 0 unspecified atom stereocenters. The molecule has 4 heteroatoms. The molecule has 0 spiro atoms. The van der Waals surface area contributed by atoms with Crippen molar-refractivity contribution in [1.82, 2.24) is 0 Å². The van der Waals surface area contributed by atoms with Gasteiger partial charge in [0.15, 0.2) is 0 Å². The van der Waals surface area contributed by atoms with Gasteiger partial charge in [-0.25, -0.2) is 4.39 Å². The van der Waals surface area contributed by atoms with E-state index in [9.17, 15) is 14.6 Å². The molecule has 17 heavy (non-hydrogen) atoms. The van der Waals surface area contributed by atoms with Gasteiger partial charge in [-0.1, -0.05) is 20.8 Å². The maximum absolute atomic E-state index is 13.0. The number of aliphatic hydroxyl groups excluding tert-OH is 1. The molecule has 0 aliphatic rings. The van der Waals surface area contributed by atoms with E-state index in [-0.39, 0.29) is 23.8 Å². The Morgan fingerprint density at radius 2 is 2.06 bits per heavy atom. The molecule has 0 heterocycles. The molecule has 2 N–H and O–H groups in total. The van der Waals surface area contributed by atoms with Crippen molar-refractivity contribution in [3.63, 3.8) is 0 Å². The number of benzene rings is 1. The third-order valence-corrected chi connectivity index (χ3v) is 2.56. The number of hydrogen-bond donors (Lipinski definition) is 2. The van der Waals surface area contributed by atoms with Gasteiger partial charge in [-0.2, -0.15) is 0 Å². The Bertz CT molecular complexity index is 410. The van der Waals surface area contributed by atoms with Gasteiger partial charge >= 0.3 is 0 Å². The summed E-state index contributed by atoms with van der Waals surface area (Å²) in [6.45, 7) is 5.78. The van der Waals surface area contributed by atoms with Crippen LogP contribution in [0.1, 0.15) is 26.3 Å². The monoisotopic (exact) mass is 239 g/mol. The van der Waals surface area contributed by atoms with E-state index in [4.69, 9.17) is 0 Å².